The quantitative estimate of drug-likeness (QED) is 0.411. The predicted octanol–water partition coefficient (Wildman–Crippen LogP) is 2.86. The number of rotatable bonds is 8. The van der Waals surface area contributed by atoms with Crippen molar-refractivity contribution < 1.29 is 19.2 Å². The molecule has 0 unspecified atom stereocenters. The molecule has 2 aromatic rings. The van der Waals surface area contributed by atoms with E-state index in [9.17, 15) is 19.7 Å². The minimum absolute atomic E-state index is 0.0693. The van der Waals surface area contributed by atoms with Gasteiger partial charge in [-0.2, -0.15) is 5.10 Å². The molecule has 0 radical (unpaired) electrons. The summed E-state index contributed by atoms with van der Waals surface area (Å²) in [5.74, 6) is -0.121. The van der Waals surface area contributed by atoms with Gasteiger partial charge in [0.25, 0.3) is 5.69 Å². The van der Waals surface area contributed by atoms with Crippen LogP contribution < -0.4 is 15.5 Å². The Morgan fingerprint density at radius 3 is 2.43 bits per heavy atom. The highest BCUT2D eigenvalue weighted by atomic mass is 16.6. The van der Waals surface area contributed by atoms with Crippen molar-refractivity contribution in [3.05, 3.63) is 64.2 Å². The molecule has 2 amide bonds. The van der Waals surface area contributed by atoms with E-state index in [1.165, 1.54) is 24.3 Å². The van der Waals surface area contributed by atoms with E-state index < -0.39 is 16.7 Å². The molecular weight excluding hydrogens is 364 g/mol. The second kappa shape index (κ2) is 9.81. The van der Waals surface area contributed by atoms with Crippen molar-refractivity contribution in [1.29, 1.82) is 0 Å². The van der Waals surface area contributed by atoms with Crippen molar-refractivity contribution in [2.75, 3.05) is 12.4 Å². The molecule has 0 aliphatic rings. The summed E-state index contributed by atoms with van der Waals surface area (Å²) in [6.07, 6.45) is -0.147. The van der Waals surface area contributed by atoms with Crippen LogP contribution in [-0.4, -0.2) is 29.6 Å². The molecule has 0 aromatic heterocycles. The first-order valence-corrected chi connectivity index (χ1v) is 8.41. The van der Waals surface area contributed by atoms with Gasteiger partial charge >= 0.3 is 0 Å². The molecule has 0 aliphatic carbocycles. The monoisotopic (exact) mass is 384 g/mol. The Bertz CT molecular complexity index is 893. The number of nitrogens with one attached hydrogen (secondary N) is 2. The Labute approximate surface area is 161 Å². The van der Waals surface area contributed by atoms with E-state index in [0.29, 0.717) is 11.4 Å². The second-order valence-electron chi connectivity index (χ2n) is 5.82. The number of nitro groups is 1. The SMILES string of the molecule is COc1ccc(C(C)=NNC(=O)CCC(=O)Nc2cccc([N+](=O)[O-])c2)cc1. The van der Waals surface area contributed by atoms with Crippen LogP contribution in [0.25, 0.3) is 0 Å². The van der Waals surface area contributed by atoms with Gasteiger partial charge in [-0.3, -0.25) is 19.7 Å². The molecule has 0 saturated carbocycles. The first kappa shape index (κ1) is 20.6. The maximum absolute atomic E-state index is 11.9. The average Bonchev–Trinajstić information content (AvgIpc) is 2.70. The van der Waals surface area contributed by atoms with Gasteiger partial charge in [0.2, 0.25) is 11.8 Å². The summed E-state index contributed by atoms with van der Waals surface area (Å²) >= 11 is 0. The van der Waals surface area contributed by atoms with Crippen LogP contribution in [0.1, 0.15) is 25.3 Å². The number of benzene rings is 2. The summed E-state index contributed by atoms with van der Waals surface area (Å²) in [5.41, 5.74) is 4.01. The number of non-ortho nitro benzene ring substituents is 1. The van der Waals surface area contributed by atoms with Crippen molar-refractivity contribution in [3.63, 3.8) is 0 Å². The molecular formula is C19H20N4O5. The molecule has 28 heavy (non-hydrogen) atoms. The van der Waals surface area contributed by atoms with Crippen LogP contribution in [0.15, 0.2) is 53.6 Å². The summed E-state index contributed by atoms with van der Waals surface area (Å²) < 4.78 is 5.08. The fourth-order valence-electron chi connectivity index (χ4n) is 2.25. The zero-order chi connectivity index (χ0) is 20.5. The summed E-state index contributed by atoms with van der Waals surface area (Å²) in [6.45, 7) is 1.75. The van der Waals surface area contributed by atoms with Crippen molar-refractivity contribution in [1.82, 2.24) is 5.43 Å². The van der Waals surface area contributed by atoms with E-state index in [0.717, 1.165) is 11.3 Å². The van der Waals surface area contributed by atoms with Gasteiger partial charge in [0, 0.05) is 30.7 Å². The summed E-state index contributed by atoms with van der Waals surface area (Å²) in [6, 6.07) is 12.8. The van der Waals surface area contributed by atoms with E-state index >= 15 is 0 Å². The topological polar surface area (TPSA) is 123 Å². The number of anilines is 1. The van der Waals surface area contributed by atoms with Gasteiger partial charge in [0.05, 0.1) is 17.7 Å². The third-order valence-corrected chi connectivity index (χ3v) is 3.78. The molecule has 0 spiro atoms. The molecule has 0 atom stereocenters. The average molecular weight is 384 g/mol. The van der Waals surface area contributed by atoms with E-state index in [1.54, 1.807) is 26.2 Å². The van der Waals surface area contributed by atoms with Gasteiger partial charge in [-0.15, -0.1) is 0 Å². The van der Waals surface area contributed by atoms with E-state index in [1.807, 2.05) is 12.1 Å². The molecule has 0 heterocycles. The number of hydrogen-bond donors (Lipinski definition) is 2. The van der Waals surface area contributed by atoms with E-state index in [2.05, 4.69) is 15.8 Å². The highest BCUT2D eigenvalue weighted by Gasteiger charge is 2.10. The number of amides is 2. The van der Waals surface area contributed by atoms with Crippen LogP contribution in [0, 0.1) is 10.1 Å². The fourth-order valence-corrected chi connectivity index (χ4v) is 2.25. The summed E-state index contributed by atoms with van der Waals surface area (Å²) in [5, 5.41) is 17.3. The Kier molecular flexibility index (Phi) is 7.21. The van der Waals surface area contributed by atoms with Crippen LogP contribution in [0.4, 0.5) is 11.4 Å². The maximum Gasteiger partial charge on any atom is 0.271 e. The Hall–Kier alpha value is -3.75. The number of hydrazone groups is 1. The number of ether oxygens (including phenoxy) is 1. The maximum atomic E-state index is 11.9. The highest BCUT2D eigenvalue weighted by molar-refractivity contribution is 5.99. The van der Waals surface area contributed by atoms with Crippen LogP contribution in [-0.2, 0) is 9.59 Å². The van der Waals surface area contributed by atoms with Crippen LogP contribution in [0.2, 0.25) is 0 Å². The molecule has 9 nitrogen and oxygen atoms in total. The molecule has 146 valence electrons. The lowest BCUT2D eigenvalue weighted by atomic mass is 10.1. The number of methoxy groups -OCH3 is 1. The Morgan fingerprint density at radius 2 is 1.79 bits per heavy atom. The highest BCUT2D eigenvalue weighted by Crippen LogP contribution is 2.17. The number of carbonyl (C=O) groups excluding carboxylic acids is 2. The first-order chi connectivity index (χ1) is 13.4. The Morgan fingerprint density at radius 1 is 1.11 bits per heavy atom. The van der Waals surface area contributed by atoms with Crippen molar-refractivity contribution in [2.45, 2.75) is 19.8 Å². The first-order valence-electron chi connectivity index (χ1n) is 8.41. The molecule has 0 aliphatic heterocycles. The van der Waals surface area contributed by atoms with Crippen LogP contribution in [0.3, 0.4) is 0 Å². The molecule has 0 fully saturated rings. The van der Waals surface area contributed by atoms with E-state index in [-0.39, 0.29) is 18.5 Å². The van der Waals surface area contributed by atoms with Crippen molar-refractivity contribution >= 4 is 28.9 Å². The van der Waals surface area contributed by atoms with Crippen LogP contribution >= 0.6 is 0 Å². The molecule has 0 bridgehead atoms. The molecule has 9 heteroatoms. The fraction of sp³-hybridized carbons (Fsp3) is 0.211. The van der Waals surface area contributed by atoms with Crippen molar-refractivity contribution in [2.24, 2.45) is 5.10 Å². The van der Waals surface area contributed by atoms with Crippen LogP contribution in [0.5, 0.6) is 5.75 Å². The zero-order valence-electron chi connectivity index (χ0n) is 15.5. The van der Waals surface area contributed by atoms with Gasteiger partial charge in [-0.1, -0.05) is 6.07 Å². The van der Waals surface area contributed by atoms with E-state index in [4.69, 9.17) is 4.74 Å². The minimum Gasteiger partial charge on any atom is -0.497 e. The van der Waals surface area contributed by atoms with Crippen molar-refractivity contribution in [3.8, 4) is 5.75 Å². The van der Waals surface area contributed by atoms with Gasteiger partial charge in [-0.05, 0) is 42.8 Å². The van der Waals surface area contributed by atoms with Gasteiger partial charge < -0.3 is 10.1 Å². The second-order valence-corrected chi connectivity index (χ2v) is 5.82. The minimum atomic E-state index is -0.549. The number of nitro benzene ring substituents is 1. The van der Waals surface area contributed by atoms with Gasteiger partial charge in [-0.25, -0.2) is 5.43 Å². The molecule has 2 aromatic carbocycles. The third kappa shape index (κ3) is 6.20. The standard InChI is InChI=1S/C19H20N4O5/c1-13(14-6-8-17(28-2)9-7-14)21-22-19(25)11-10-18(24)20-15-4-3-5-16(12-15)23(26)27/h3-9,12H,10-11H2,1-2H3,(H,20,24)(H,22,25). The van der Waals surface area contributed by atoms with Gasteiger partial charge in [0.1, 0.15) is 5.75 Å². The number of nitrogens with zero attached hydrogens (tertiary/aromatic N) is 2. The number of carbonyl (C=O) groups is 2. The van der Waals surface area contributed by atoms with Gasteiger partial charge in [0.15, 0.2) is 0 Å². The lowest BCUT2D eigenvalue weighted by Gasteiger charge is -2.06. The summed E-state index contributed by atoms with van der Waals surface area (Å²) in [7, 11) is 1.57. The third-order valence-electron chi connectivity index (χ3n) is 3.78. The summed E-state index contributed by atoms with van der Waals surface area (Å²) in [4.78, 5) is 34.0. The lowest BCUT2D eigenvalue weighted by molar-refractivity contribution is -0.384. The normalized spacial score (nSPS) is 10.9. The smallest absolute Gasteiger partial charge is 0.271 e. The zero-order valence-corrected chi connectivity index (χ0v) is 15.5. The number of hydrogen-bond acceptors (Lipinski definition) is 6. The Balaban J connectivity index is 1.81. The predicted molar refractivity (Wildman–Crippen MR) is 104 cm³/mol. The molecule has 2 rings (SSSR count). The molecule has 0 saturated heterocycles. The largest absolute Gasteiger partial charge is 0.497 e. The molecule has 2 N–H and O–H groups in total. The lowest BCUT2D eigenvalue weighted by Crippen LogP contribution is -2.21.